The van der Waals surface area contributed by atoms with E-state index >= 15 is 0 Å². The molecule has 0 spiro atoms. The summed E-state index contributed by atoms with van der Waals surface area (Å²) < 4.78 is 11.6. The first-order valence-corrected chi connectivity index (χ1v) is 11.7. The molecule has 1 heterocycles. The van der Waals surface area contributed by atoms with Crippen LogP contribution in [0.5, 0.6) is 0 Å². The van der Waals surface area contributed by atoms with Crippen LogP contribution in [-0.2, 0) is 21.6 Å². The molecule has 0 aliphatic heterocycles. The van der Waals surface area contributed by atoms with Crippen molar-refractivity contribution in [3.8, 4) is 11.5 Å². The van der Waals surface area contributed by atoms with E-state index in [0.29, 0.717) is 23.6 Å². The summed E-state index contributed by atoms with van der Waals surface area (Å²) in [5, 5.41) is 8.19. The Morgan fingerprint density at radius 2 is 1.72 bits per heavy atom. The zero-order valence-corrected chi connectivity index (χ0v) is 18.4. The van der Waals surface area contributed by atoms with Crippen LogP contribution in [0.2, 0.25) is 0 Å². The van der Waals surface area contributed by atoms with Gasteiger partial charge in [0.25, 0.3) is 5.89 Å². The first kappa shape index (κ1) is 19.7. The molecule has 4 fully saturated rings. The number of hydrogen-bond acceptors (Lipinski definition) is 5. The van der Waals surface area contributed by atoms with E-state index in [-0.39, 0.29) is 23.4 Å². The van der Waals surface area contributed by atoms with Crippen LogP contribution in [0, 0.1) is 24.2 Å². The van der Waals surface area contributed by atoms with Crippen molar-refractivity contribution in [2.24, 2.45) is 17.3 Å². The van der Waals surface area contributed by atoms with E-state index in [2.05, 4.69) is 41.4 Å². The Morgan fingerprint density at radius 3 is 2.44 bits per heavy atom. The molecule has 3 aromatic rings. The highest BCUT2D eigenvalue weighted by atomic mass is 16.5. The average Bonchev–Trinajstić information content (AvgIpc) is 3.27. The van der Waals surface area contributed by atoms with Gasteiger partial charge in [-0.05, 0) is 80.4 Å². The number of benzene rings is 2. The van der Waals surface area contributed by atoms with E-state index in [4.69, 9.17) is 9.15 Å². The Labute approximate surface area is 188 Å². The molecule has 2 aromatic carbocycles. The normalized spacial score (nSPS) is 30.4. The van der Waals surface area contributed by atoms with Gasteiger partial charge in [-0.15, -0.1) is 10.2 Å². The van der Waals surface area contributed by atoms with Crippen molar-refractivity contribution < 1.29 is 13.9 Å². The molecule has 4 aliphatic carbocycles. The molecule has 2 atom stereocenters. The van der Waals surface area contributed by atoms with Gasteiger partial charge in [-0.2, -0.15) is 0 Å². The van der Waals surface area contributed by atoms with Gasteiger partial charge in [0.1, 0.15) is 0 Å². The van der Waals surface area contributed by atoms with Crippen LogP contribution in [0.25, 0.3) is 11.5 Å². The summed E-state index contributed by atoms with van der Waals surface area (Å²) in [6.07, 6.45) is 6.46. The highest BCUT2D eigenvalue weighted by molar-refractivity contribution is 5.78. The summed E-state index contributed by atoms with van der Waals surface area (Å²) in [5.74, 6) is 1.93. The zero-order valence-electron chi connectivity index (χ0n) is 18.4. The van der Waals surface area contributed by atoms with Crippen molar-refractivity contribution in [1.82, 2.24) is 10.2 Å². The SMILES string of the molecule is Cc1ccc(C23CC4CC(CC(C(=O)OCc5nnc(-c6ccccc6)o5)(C4)C2)C3)cc1. The van der Waals surface area contributed by atoms with Crippen molar-refractivity contribution in [2.75, 3.05) is 0 Å². The van der Waals surface area contributed by atoms with Crippen molar-refractivity contribution in [1.29, 1.82) is 0 Å². The van der Waals surface area contributed by atoms with E-state index in [1.54, 1.807) is 0 Å². The maximum atomic E-state index is 13.5. The molecule has 5 heteroatoms. The maximum Gasteiger partial charge on any atom is 0.312 e. The third kappa shape index (κ3) is 3.26. The summed E-state index contributed by atoms with van der Waals surface area (Å²) >= 11 is 0. The highest BCUT2D eigenvalue weighted by Crippen LogP contribution is 2.66. The highest BCUT2D eigenvalue weighted by Gasteiger charge is 2.61. The molecule has 0 N–H and O–H groups in total. The number of carbonyl (C=O) groups excluding carboxylic acids is 1. The third-order valence-corrected chi connectivity index (χ3v) is 7.97. The lowest BCUT2D eigenvalue weighted by atomic mass is 9.43. The Kier molecular flexibility index (Phi) is 4.49. The van der Waals surface area contributed by atoms with Crippen LogP contribution in [-0.4, -0.2) is 16.2 Å². The number of aryl methyl sites for hydroxylation is 1. The van der Waals surface area contributed by atoms with Crippen molar-refractivity contribution in [3.63, 3.8) is 0 Å². The number of hydrogen-bond donors (Lipinski definition) is 0. The predicted molar refractivity (Wildman–Crippen MR) is 120 cm³/mol. The molecule has 32 heavy (non-hydrogen) atoms. The van der Waals surface area contributed by atoms with E-state index in [1.807, 2.05) is 30.3 Å². The minimum absolute atomic E-state index is 0.0350. The fourth-order valence-electron chi connectivity index (χ4n) is 7.04. The van der Waals surface area contributed by atoms with E-state index in [1.165, 1.54) is 30.4 Å². The molecule has 5 nitrogen and oxygen atoms in total. The average molecular weight is 429 g/mol. The van der Waals surface area contributed by atoms with Gasteiger partial charge in [-0.1, -0.05) is 48.0 Å². The smallest absolute Gasteiger partial charge is 0.312 e. The monoisotopic (exact) mass is 428 g/mol. The molecule has 0 saturated heterocycles. The lowest BCUT2D eigenvalue weighted by Crippen LogP contribution is -2.57. The van der Waals surface area contributed by atoms with Crippen molar-refractivity contribution in [3.05, 3.63) is 71.6 Å². The van der Waals surface area contributed by atoms with Crippen LogP contribution < -0.4 is 0 Å². The van der Waals surface area contributed by atoms with Gasteiger partial charge < -0.3 is 9.15 Å². The van der Waals surface area contributed by atoms with Crippen LogP contribution in [0.1, 0.15) is 55.5 Å². The van der Waals surface area contributed by atoms with Crippen LogP contribution in [0.4, 0.5) is 0 Å². The second kappa shape index (κ2) is 7.29. The number of nitrogens with zero attached hydrogens (tertiary/aromatic N) is 2. The van der Waals surface area contributed by atoms with Crippen molar-refractivity contribution in [2.45, 2.75) is 57.5 Å². The molecular formula is C27H28N2O3. The summed E-state index contributed by atoms with van der Waals surface area (Å²) in [6, 6.07) is 18.6. The van der Waals surface area contributed by atoms with Crippen LogP contribution in [0.3, 0.4) is 0 Å². The molecule has 4 bridgehead atoms. The van der Waals surface area contributed by atoms with Gasteiger partial charge in [0.15, 0.2) is 6.61 Å². The number of aromatic nitrogens is 2. The molecule has 0 amide bonds. The van der Waals surface area contributed by atoms with Gasteiger partial charge in [0.05, 0.1) is 5.41 Å². The van der Waals surface area contributed by atoms with Gasteiger partial charge in [0, 0.05) is 5.56 Å². The molecule has 4 saturated carbocycles. The topological polar surface area (TPSA) is 65.2 Å². The van der Waals surface area contributed by atoms with Crippen LogP contribution >= 0.6 is 0 Å². The number of rotatable bonds is 5. The van der Waals surface area contributed by atoms with Crippen molar-refractivity contribution >= 4 is 5.97 Å². The molecular weight excluding hydrogens is 400 g/mol. The second-order valence-electron chi connectivity index (χ2n) is 10.3. The Balaban J connectivity index is 1.20. The number of esters is 1. The predicted octanol–water partition coefficient (Wildman–Crippen LogP) is 5.63. The maximum absolute atomic E-state index is 13.5. The molecule has 4 aliphatic rings. The summed E-state index contributed by atoms with van der Waals surface area (Å²) in [6.45, 7) is 2.16. The first-order valence-electron chi connectivity index (χ1n) is 11.7. The minimum Gasteiger partial charge on any atom is -0.455 e. The summed E-state index contributed by atoms with van der Waals surface area (Å²) in [5.41, 5.74) is 3.28. The Hall–Kier alpha value is -2.95. The number of ether oxygens (including phenoxy) is 1. The first-order chi connectivity index (χ1) is 15.5. The molecule has 164 valence electrons. The molecule has 2 unspecified atom stereocenters. The fraction of sp³-hybridized carbons (Fsp3) is 0.444. The number of carbonyl (C=O) groups is 1. The second-order valence-corrected chi connectivity index (χ2v) is 10.3. The van der Waals surface area contributed by atoms with Gasteiger partial charge >= 0.3 is 5.97 Å². The Morgan fingerprint density at radius 1 is 1.00 bits per heavy atom. The third-order valence-electron chi connectivity index (χ3n) is 7.97. The summed E-state index contributed by atoms with van der Waals surface area (Å²) in [4.78, 5) is 13.5. The van der Waals surface area contributed by atoms with Gasteiger partial charge in [-0.3, -0.25) is 4.79 Å². The standard InChI is InChI=1S/C27H28N2O3/c1-18-7-9-22(10-8-18)26-12-19-11-20(13-26)15-27(14-19,17-26)25(30)31-16-23-28-29-24(32-23)21-5-3-2-4-6-21/h2-10,19-20H,11-17H2,1H3. The van der Waals surface area contributed by atoms with Gasteiger partial charge in [0.2, 0.25) is 5.89 Å². The molecule has 1 aromatic heterocycles. The van der Waals surface area contributed by atoms with Gasteiger partial charge in [-0.25, -0.2) is 0 Å². The lowest BCUT2D eigenvalue weighted by molar-refractivity contribution is -0.176. The lowest BCUT2D eigenvalue weighted by Gasteiger charge is -2.61. The van der Waals surface area contributed by atoms with E-state index in [9.17, 15) is 4.79 Å². The molecule has 0 radical (unpaired) electrons. The molecule has 7 rings (SSSR count). The quantitative estimate of drug-likeness (QED) is 0.493. The summed E-state index contributed by atoms with van der Waals surface area (Å²) in [7, 11) is 0. The van der Waals surface area contributed by atoms with E-state index < -0.39 is 0 Å². The zero-order chi connectivity index (χ0) is 21.8. The van der Waals surface area contributed by atoms with E-state index in [0.717, 1.165) is 24.8 Å². The largest absolute Gasteiger partial charge is 0.455 e. The fourth-order valence-corrected chi connectivity index (χ4v) is 7.04. The Bertz CT molecular complexity index is 1120. The minimum atomic E-state index is -0.378. The van der Waals surface area contributed by atoms with Crippen LogP contribution in [0.15, 0.2) is 59.0 Å².